The van der Waals surface area contributed by atoms with E-state index in [1.807, 2.05) is 0 Å². The van der Waals surface area contributed by atoms with Gasteiger partial charge in [0.15, 0.2) is 11.5 Å². The third kappa shape index (κ3) is 4.49. The fourth-order valence-corrected chi connectivity index (χ4v) is 4.30. The number of nitrogens with one attached hydrogen (secondary N) is 2. The van der Waals surface area contributed by atoms with Crippen LogP contribution < -0.4 is 19.5 Å². The van der Waals surface area contributed by atoms with E-state index in [1.165, 1.54) is 27.2 Å². The maximum absolute atomic E-state index is 13.0. The molecule has 0 aliphatic heterocycles. The number of anilines is 1. The van der Waals surface area contributed by atoms with E-state index >= 15 is 0 Å². The molecule has 7 nitrogen and oxygen atoms in total. The third-order valence-corrected chi connectivity index (χ3v) is 5.86. The Labute approximate surface area is 169 Å². The first-order valence-corrected chi connectivity index (χ1v) is 10.3. The number of methoxy groups -OCH3 is 2. The van der Waals surface area contributed by atoms with Crippen LogP contribution >= 0.6 is 0 Å². The second-order valence-corrected chi connectivity index (χ2v) is 8.09. The van der Waals surface area contributed by atoms with Gasteiger partial charge in [0.1, 0.15) is 0 Å². The molecule has 2 N–H and O–H groups in total. The zero-order valence-corrected chi connectivity index (χ0v) is 17.2. The summed E-state index contributed by atoms with van der Waals surface area (Å²) in [5, 5.41) is 3.90. The van der Waals surface area contributed by atoms with Crippen LogP contribution in [0.4, 0.5) is 5.69 Å². The highest BCUT2D eigenvalue weighted by atomic mass is 32.2. The van der Waals surface area contributed by atoms with Gasteiger partial charge in [-0.2, -0.15) is 0 Å². The van der Waals surface area contributed by atoms with Crippen molar-refractivity contribution in [2.24, 2.45) is 0 Å². The minimum atomic E-state index is -3.80. The molecule has 0 atom stereocenters. The third-order valence-electron chi connectivity index (χ3n) is 4.40. The van der Waals surface area contributed by atoms with Gasteiger partial charge in [0.25, 0.3) is 0 Å². The van der Waals surface area contributed by atoms with Crippen LogP contribution in [0, 0.1) is 0 Å². The van der Waals surface area contributed by atoms with Crippen LogP contribution in [0.15, 0.2) is 59.5 Å². The number of sulfonamides is 1. The molecule has 0 bridgehead atoms. The first-order valence-electron chi connectivity index (χ1n) is 8.85. The van der Waals surface area contributed by atoms with Crippen LogP contribution in [0.2, 0.25) is 0 Å². The highest BCUT2D eigenvalue weighted by Crippen LogP contribution is 2.30. The number of carbonyl (C=O) groups is 1. The van der Waals surface area contributed by atoms with Gasteiger partial charge in [-0.15, -0.1) is 0 Å². The van der Waals surface area contributed by atoms with E-state index in [0.717, 1.165) is 5.56 Å². The molecule has 3 aromatic rings. The van der Waals surface area contributed by atoms with E-state index in [2.05, 4.69) is 10.0 Å². The number of carbonyl (C=O) groups excluding carboxylic acids is 1. The summed E-state index contributed by atoms with van der Waals surface area (Å²) in [5.41, 5.74) is 1.29. The van der Waals surface area contributed by atoms with Crippen molar-refractivity contribution in [3.8, 4) is 11.5 Å². The Balaban J connectivity index is 1.92. The SMILES string of the molecule is COc1ccc(CNS(=O)(=O)c2cccc3c(NC(C)=O)cccc23)cc1OC. The molecule has 0 fully saturated rings. The molecule has 0 aliphatic carbocycles. The van der Waals surface area contributed by atoms with Gasteiger partial charge in [0, 0.05) is 29.9 Å². The average Bonchev–Trinajstić information content (AvgIpc) is 2.71. The number of hydrogen-bond acceptors (Lipinski definition) is 5. The van der Waals surface area contributed by atoms with Crippen molar-refractivity contribution in [1.82, 2.24) is 4.72 Å². The Morgan fingerprint density at radius 2 is 1.62 bits per heavy atom. The van der Waals surface area contributed by atoms with Gasteiger partial charge in [-0.1, -0.05) is 30.3 Å². The highest BCUT2D eigenvalue weighted by Gasteiger charge is 2.18. The van der Waals surface area contributed by atoms with E-state index in [1.54, 1.807) is 48.5 Å². The molecule has 29 heavy (non-hydrogen) atoms. The van der Waals surface area contributed by atoms with Crippen LogP contribution in [0.5, 0.6) is 11.5 Å². The second-order valence-electron chi connectivity index (χ2n) is 6.35. The predicted molar refractivity (Wildman–Crippen MR) is 112 cm³/mol. The lowest BCUT2D eigenvalue weighted by atomic mass is 10.1. The lowest BCUT2D eigenvalue weighted by Gasteiger charge is -2.13. The minimum absolute atomic E-state index is 0.0878. The van der Waals surface area contributed by atoms with Gasteiger partial charge in [0.05, 0.1) is 19.1 Å². The Bertz CT molecular complexity index is 1160. The van der Waals surface area contributed by atoms with E-state index < -0.39 is 10.0 Å². The maximum Gasteiger partial charge on any atom is 0.241 e. The molecule has 0 aromatic heterocycles. The summed E-state index contributed by atoms with van der Waals surface area (Å²) < 4.78 is 39.0. The molecule has 3 rings (SSSR count). The standard InChI is InChI=1S/C21H22N2O5S/c1-14(24)23-18-8-4-7-17-16(18)6-5-9-21(17)29(25,26)22-13-15-10-11-19(27-2)20(12-15)28-3/h4-12,22H,13H2,1-3H3,(H,23,24). The number of amides is 1. The first-order chi connectivity index (χ1) is 13.9. The fourth-order valence-electron chi connectivity index (χ4n) is 3.06. The van der Waals surface area contributed by atoms with Crippen LogP contribution in [-0.2, 0) is 21.4 Å². The number of benzene rings is 3. The summed E-state index contributed by atoms with van der Waals surface area (Å²) in [5.74, 6) is 0.866. The summed E-state index contributed by atoms with van der Waals surface area (Å²) in [4.78, 5) is 11.6. The lowest BCUT2D eigenvalue weighted by molar-refractivity contribution is -0.114. The molecule has 1 amide bonds. The molecule has 0 unspecified atom stereocenters. The molecular weight excluding hydrogens is 392 g/mol. The van der Waals surface area contributed by atoms with Gasteiger partial charge in [-0.3, -0.25) is 4.79 Å². The molecule has 8 heteroatoms. The zero-order valence-electron chi connectivity index (χ0n) is 16.4. The second kappa shape index (κ2) is 8.50. The molecule has 0 spiro atoms. The van der Waals surface area contributed by atoms with E-state index in [-0.39, 0.29) is 17.3 Å². The Kier molecular flexibility index (Phi) is 6.05. The molecule has 0 saturated carbocycles. The smallest absolute Gasteiger partial charge is 0.241 e. The van der Waals surface area contributed by atoms with Crippen molar-refractivity contribution in [1.29, 1.82) is 0 Å². The largest absolute Gasteiger partial charge is 0.493 e. The van der Waals surface area contributed by atoms with E-state index in [0.29, 0.717) is 28.0 Å². The number of ether oxygens (including phenoxy) is 2. The fraction of sp³-hybridized carbons (Fsp3) is 0.190. The molecular formula is C21H22N2O5S. The van der Waals surface area contributed by atoms with Crippen molar-refractivity contribution in [2.75, 3.05) is 19.5 Å². The van der Waals surface area contributed by atoms with Crippen molar-refractivity contribution >= 4 is 32.4 Å². The summed E-state index contributed by atoms with van der Waals surface area (Å²) >= 11 is 0. The monoisotopic (exact) mass is 414 g/mol. The van der Waals surface area contributed by atoms with Gasteiger partial charge < -0.3 is 14.8 Å². The minimum Gasteiger partial charge on any atom is -0.493 e. The maximum atomic E-state index is 13.0. The average molecular weight is 414 g/mol. The molecule has 0 heterocycles. The zero-order chi connectivity index (χ0) is 21.0. The quantitative estimate of drug-likeness (QED) is 0.619. The van der Waals surface area contributed by atoms with Gasteiger partial charge in [-0.25, -0.2) is 13.1 Å². The topological polar surface area (TPSA) is 93.7 Å². The Morgan fingerprint density at radius 3 is 2.31 bits per heavy atom. The van der Waals surface area contributed by atoms with Gasteiger partial charge in [0.2, 0.25) is 15.9 Å². The van der Waals surface area contributed by atoms with E-state index in [9.17, 15) is 13.2 Å². The van der Waals surface area contributed by atoms with Crippen molar-refractivity contribution < 1.29 is 22.7 Å². The molecule has 0 saturated heterocycles. The highest BCUT2D eigenvalue weighted by molar-refractivity contribution is 7.89. The van der Waals surface area contributed by atoms with Crippen molar-refractivity contribution in [3.63, 3.8) is 0 Å². The van der Waals surface area contributed by atoms with Crippen molar-refractivity contribution in [3.05, 3.63) is 60.2 Å². The summed E-state index contributed by atoms with van der Waals surface area (Å²) in [6.07, 6.45) is 0. The molecule has 152 valence electrons. The Morgan fingerprint density at radius 1 is 0.931 bits per heavy atom. The summed E-state index contributed by atoms with van der Waals surface area (Å²) in [6, 6.07) is 15.3. The first kappa shape index (κ1) is 20.6. The summed E-state index contributed by atoms with van der Waals surface area (Å²) in [6.45, 7) is 1.49. The van der Waals surface area contributed by atoms with E-state index in [4.69, 9.17) is 9.47 Å². The van der Waals surface area contributed by atoms with Crippen LogP contribution in [-0.4, -0.2) is 28.5 Å². The Hall–Kier alpha value is -3.10. The molecule has 0 radical (unpaired) electrons. The van der Waals surface area contributed by atoms with Crippen molar-refractivity contribution in [2.45, 2.75) is 18.4 Å². The number of fused-ring (bicyclic) bond motifs is 1. The summed E-state index contributed by atoms with van der Waals surface area (Å²) in [7, 11) is -0.740. The normalized spacial score (nSPS) is 11.3. The number of rotatable bonds is 7. The molecule has 3 aromatic carbocycles. The lowest BCUT2D eigenvalue weighted by Crippen LogP contribution is -2.23. The van der Waals surface area contributed by atoms with Gasteiger partial charge in [-0.05, 0) is 29.8 Å². The van der Waals surface area contributed by atoms with Crippen LogP contribution in [0.25, 0.3) is 10.8 Å². The predicted octanol–water partition coefficient (Wildman–Crippen LogP) is 3.29. The van der Waals surface area contributed by atoms with Crippen LogP contribution in [0.3, 0.4) is 0 Å². The molecule has 0 aliphatic rings. The van der Waals surface area contributed by atoms with Crippen LogP contribution in [0.1, 0.15) is 12.5 Å². The number of hydrogen-bond donors (Lipinski definition) is 2. The van der Waals surface area contributed by atoms with Gasteiger partial charge >= 0.3 is 0 Å².